The summed E-state index contributed by atoms with van der Waals surface area (Å²) in [6.45, 7) is 5.32. The Morgan fingerprint density at radius 3 is 2.42 bits per heavy atom. The molecule has 0 spiro atoms. The van der Waals surface area contributed by atoms with Crippen molar-refractivity contribution in [3.8, 4) is 23.1 Å². The summed E-state index contributed by atoms with van der Waals surface area (Å²) < 4.78 is 48.6. The minimum Gasteiger partial charge on any atom is -0.497 e. The molecule has 0 N–H and O–H groups in total. The molecule has 2 aromatic carbocycles. The normalized spacial score (nSPS) is 15.2. The number of carbonyl (C=O) groups excluding carboxylic acids is 1. The number of aromatic nitrogens is 3. The Bertz CT molecular complexity index is 1600. The third-order valence-corrected chi connectivity index (χ3v) is 7.39. The van der Waals surface area contributed by atoms with E-state index in [0.29, 0.717) is 43.1 Å². The molecule has 1 amide bonds. The maximum atomic E-state index is 14.2. The van der Waals surface area contributed by atoms with Crippen molar-refractivity contribution in [1.82, 2.24) is 24.4 Å². The van der Waals surface area contributed by atoms with Gasteiger partial charge < -0.3 is 9.64 Å². The van der Waals surface area contributed by atoms with Gasteiger partial charge in [0, 0.05) is 43.3 Å². The van der Waals surface area contributed by atoms with Gasteiger partial charge in [0.15, 0.2) is 11.3 Å². The van der Waals surface area contributed by atoms with Crippen molar-refractivity contribution >= 4 is 11.6 Å². The molecule has 0 saturated carbocycles. The van der Waals surface area contributed by atoms with Gasteiger partial charge in [-0.15, -0.1) is 0 Å². The van der Waals surface area contributed by atoms with Crippen LogP contribution in [0.15, 0.2) is 54.7 Å². The van der Waals surface area contributed by atoms with Crippen LogP contribution in [0.3, 0.4) is 0 Å². The fourth-order valence-electron chi connectivity index (χ4n) is 5.15. The second-order valence-corrected chi connectivity index (χ2v) is 9.70. The first-order valence-corrected chi connectivity index (χ1v) is 12.8. The van der Waals surface area contributed by atoms with E-state index >= 15 is 0 Å². The Morgan fingerprint density at radius 1 is 1.10 bits per heavy atom. The molecule has 0 radical (unpaired) electrons. The van der Waals surface area contributed by atoms with Crippen LogP contribution in [0, 0.1) is 18.3 Å². The van der Waals surface area contributed by atoms with Gasteiger partial charge in [0.2, 0.25) is 0 Å². The number of hydrogen-bond donors (Lipinski definition) is 0. The first-order chi connectivity index (χ1) is 19.1. The van der Waals surface area contributed by atoms with Crippen LogP contribution < -0.4 is 4.74 Å². The summed E-state index contributed by atoms with van der Waals surface area (Å²) in [5.41, 5.74) is 0.995. The van der Waals surface area contributed by atoms with Gasteiger partial charge in [-0.2, -0.15) is 23.5 Å². The van der Waals surface area contributed by atoms with Gasteiger partial charge in [0.25, 0.3) is 5.91 Å². The highest BCUT2D eigenvalue weighted by Gasteiger charge is 2.39. The van der Waals surface area contributed by atoms with Crippen LogP contribution in [-0.2, 0) is 6.18 Å². The number of ether oxygens (including phenoxy) is 1. The van der Waals surface area contributed by atoms with Crippen molar-refractivity contribution in [2.75, 3.05) is 33.3 Å². The molecule has 1 aliphatic rings. The molecule has 0 unspecified atom stereocenters. The van der Waals surface area contributed by atoms with Crippen LogP contribution in [-0.4, -0.2) is 63.6 Å². The van der Waals surface area contributed by atoms with E-state index in [9.17, 15) is 23.2 Å². The molecule has 3 heterocycles. The molecule has 1 saturated heterocycles. The highest BCUT2D eigenvalue weighted by Crippen LogP contribution is 2.37. The zero-order valence-corrected chi connectivity index (χ0v) is 22.2. The Hall–Kier alpha value is -4.43. The molecule has 4 aromatic rings. The van der Waals surface area contributed by atoms with E-state index in [-0.39, 0.29) is 28.5 Å². The lowest BCUT2D eigenvalue weighted by atomic mass is 10.0. The predicted molar refractivity (Wildman–Crippen MR) is 142 cm³/mol. The number of benzene rings is 2. The maximum Gasteiger partial charge on any atom is 0.433 e. The molecule has 40 heavy (non-hydrogen) atoms. The highest BCUT2D eigenvalue weighted by atomic mass is 19.4. The topological polar surface area (TPSA) is 86.8 Å². The van der Waals surface area contributed by atoms with Gasteiger partial charge in [-0.1, -0.05) is 12.1 Å². The fraction of sp³-hybridized carbons (Fsp3) is 0.310. The van der Waals surface area contributed by atoms with Crippen molar-refractivity contribution in [2.45, 2.75) is 26.1 Å². The van der Waals surface area contributed by atoms with E-state index in [1.165, 1.54) is 20.2 Å². The average molecular weight is 549 g/mol. The molecule has 0 aliphatic carbocycles. The third kappa shape index (κ3) is 4.98. The number of piperazine rings is 1. The Kier molecular flexibility index (Phi) is 7.21. The number of amides is 1. The lowest BCUT2D eigenvalue weighted by Gasteiger charge is -2.38. The molecule has 1 aliphatic heterocycles. The molecule has 0 bridgehead atoms. The highest BCUT2D eigenvalue weighted by molar-refractivity contribution is 6.00. The summed E-state index contributed by atoms with van der Waals surface area (Å²) >= 11 is 0. The average Bonchev–Trinajstić information content (AvgIpc) is 3.38. The van der Waals surface area contributed by atoms with Gasteiger partial charge in [0.05, 0.1) is 30.6 Å². The smallest absolute Gasteiger partial charge is 0.433 e. The van der Waals surface area contributed by atoms with E-state index in [0.717, 1.165) is 10.1 Å². The second-order valence-electron chi connectivity index (χ2n) is 9.70. The number of carbonyl (C=O) groups is 1. The van der Waals surface area contributed by atoms with Crippen LogP contribution in [0.1, 0.15) is 45.7 Å². The van der Waals surface area contributed by atoms with Crippen molar-refractivity contribution < 1.29 is 22.7 Å². The van der Waals surface area contributed by atoms with Crippen LogP contribution in [0.2, 0.25) is 0 Å². The summed E-state index contributed by atoms with van der Waals surface area (Å²) in [5.74, 6) is 0.143. The molecule has 8 nitrogen and oxygen atoms in total. The van der Waals surface area contributed by atoms with E-state index < -0.39 is 17.8 Å². The van der Waals surface area contributed by atoms with Gasteiger partial charge in [-0.05, 0) is 55.8 Å². The van der Waals surface area contributed by atoms with Crippen molar-refractivity contribution in [3.05, 3.63) is 82.7 Å². The van der Waals surface area contributed by atoms with E-state index in [4.69, 9.17) is 4.74 Å². The summed E-state index contributed by atoms with van der Waals surface area (Å²) in [5, 5.41) is 13.2. The predicted octanol–water partition coefficient (Wildman–Crippen LogP) is 5.12. The number of fused-ring (bicyclic) bond motifs is 1. The maximum absolute atomic E-state index is 14.2. The minimum atomic E-state index is -4.72. The minimum absolute atomic E-state index is 0.0171. The molecular weight excluding hydrogens is 521 g/mol. The molecule has 5 rings (SSSR count). The van der Waals surface area contributed by atoms with Crippen LogP contribution in [0.4, 0.5) is 13.2 Å². The lowest BCUT2D eigenvalue weighted by molar-refractivity contribution is -0.143. The lowest BCUT2D eigenvalue weighted by Crippen LogP contribution is -2.49. The number of hydrogen-bond acceptors (Lipinski definition) is 6. The summed E-state index contributed by atoms with van der Waals surface area (Å²) in [7, 11) is 1.50. The number of nitrogens with zero attached hydrogens (tertiary/aromatic N) is 6. The van der Waals surface area contributed by atoms with Gasteiger partial charge in [-0.25, -0.2) is 9.50 Å². The zero-order chi connectivity index (χ0) is 28.6. The second kappa shape index (κ2) is 10.6. The molecule has 11 heteroatoms. The quantitative estimate of drug-likeness (QED) is 0.344. The largest absolute Gasteiger partial charge is 0.497 e. The fourth-order valence-corrected chi connectivity index (χ4v) is 5.15. The van der Waals surface area contributed by atoms with E-state index in [1.54, 1.807) is 35.2 Å². The van der Waals surface area contributed by atoms with Gasteiger partial charge in [0.1, 0.15) is 11.3 Å². The van der Waals surface area contributed by atoms with Crippen molar-refractivity contribution in [1.29, 1.82) is 5.26 Å². The number of rotatable bonds is 5. The Morgan fingerprint density at radius 2 is 1.80 bits per heavy atom. The van der Waals surface area contributed by atoms with Crippen molar-refractivity contribution in [2.24, 2.45) is 0 Å². The first kappa shape index (κ1) is 27.1. The summed E-state index contributed by atoms with van der Waals surface area (Å²) in [4.78, 5) is 21.9. The standard InChI is InChI=1S/C29H27F3N6O2/c1-18-25(21-7-9-23(40-3)10-8-21)35-27-24(17-34-38(27)26(18)29(30,31)32)28(39)37-13-11-36(12-14-37)19(2)22-6-4-5-20(15-22)16-33/h4-10,15,17,19H,11-14H2,1-3H3/t19-/m0/s1. The molecule has 2 aromatic heterocycles. The van der Waals surface area contributed by atoms with Gasteiger partial charge >= 0.3 is 6.18 Å². The Labute approximate surface area is 229 Å². The SMILES string of the molecule is COc1ccc(-c2nc3c(C(=O)N4CCN([C@@H](C)c5cccc(C#N)c5)CC4)cnn3c(C(F)(F)F)c2C)cc1. The number of methoxy groups -OCH3 is 1. The van der Waals surface area contributed by atoms with Gasteiger partial charge in [-0.3, -0.25) is 9.69 Å². The van der Waals surface area contributed by atoms with Crippen LogP contribution >= 0.6 is 0 Å². The monoisotopic (exact) mass is 548 g/mol. The van der Waals surface area contributed by atoms with Crippen LogP contribution in [0.25, 0.3) is 16.9 Å². The van der Waals surface area contributed by atoms with Crippen molar-refractivity contribution in [3.63, 3.8) is 0 Å². The summed E-state index contributed by atoms with van der Waals surface area (Å²) in [6.07, 6.45) is -3.55. The molecule has 206 valence electrons. The number of nitriles is 1. The summed E-state index contributed by atoms with van der Waals surface area (Å²) in [6, 6.07) is 16.2. The van der Waals surface area contributed by atoms with Crippen LogP contribution in [0.5, 0.6) is 5.75 Å². The Balaban J connectivity index is 1.44. The zero-order valence-electron chi connectivity index (χ0n) is 22.2. The number of halogens is 3. The van der Waals surface area contributed by atoms with E-state index in [1.807, 2.05) is 25.1 Å². The first-order valence-electron chi connectivity index (χ1n) is 12.8. The molecule has 1 atom stereocenters. The van der Waals surface area contributed by atoms with E-state index in [2.05, 4.69) is 21.1 Å². The number of alkyl halides is 3. The molecule has 1 fully saturated rings. The molecular formula is C29H27F3N6O2. The third-order valence-electron chi connectivity index (χ3n) is 7.39.